The van der Waals surface area contributed by atoms with Crippen LogP contribution >= 0.6 is 15.9 Å². The Morgan fingerprint density at radius 1 is 1.14 bits per heavy atom. The number of methoxy groups -OCH3 is 2. The second-order valence-electron chi connectivity index (χ2n) is 5.34. The van der Waals surface area contributed by atoms with Crippen LogP contribution in [0, 0.1) is 0 Å². The van der Waals surface area contributed by atoms with Gasteiger partial charge in [-0.1, -0.05) is 12.1 Å². The Kier molecular flexibility index (Phi) is 4.57. The van der Waals surface area contributed by atoms with Gasteiger partial charge < -0.3 is 14.2 Å². The monoisotopic (exact) mass is 362 g/mol. The summed E-state index contributed by atoms with van der Waals surface area (Å²) in [7, 11) is 3.37. The molecule has 0 N–H and O–H groups in total. The quantitative estimate of drug-likeness (QED) is 0.807. The van der Waals surface area contributed by atoms with Crippen LogP contribution in [0.3, 0.4) is 0 Å². The molecule has 0 aromatic heterocycles. The average molecular weight is 363 g/mol. The molecule has 1 heterocycles. The van der Waals surface area contributed by atoms with Crippen LogP contribution in [0.15, 0.2) is 34.8 Å². The first-order valence-corrected chi connectivity index (χ1v) is 8.16. The number of rotatable bonds is 4. The molecule has 0 unspecified atom stereocenters. The van der Waals surface area contributed by atoms with Crippen LogP contribution in [0.25, 0.3) is 0 Å². The maximum atomic E-state index is 5.87. The zero-order valence-corrected chi connectivity index (χ0v) is 14.4. The van der Waals surface area contributed by atoms with E-state index in [4.69, 9.17) is 14.2 Å². The standard InChI is InChI=1S/C18H19BrO3/c1-20-14-7-5-12(6-8-14)10-13-11-16(19)18(21-2)17-15(13)4-3-9-22-17/h5-8,11H,3-4,9-10H2,1-2H3. The van der Waals surface area contributed by atoms with Crippen LogP contribution in [-0.4, -0.2) is 20.8 Å². The fraction of sp³-hybridized carbons (Fsp3) is 0.333. The highest BCUT2D eigenvalue weighted by Crippen LogP contribution is 2.43. The minimum Gasteiger partial charge on any atom is -0.497 e. The van der Waals surface area contributed by atoms with Gasteiger partial charge in [-0.15, -0.1) is 0 Å². The molecule has 3 nitrogen and oxygen atoms in total. The van der Waals surface area contributed by atoms with Crippen molar-refractivity contribution >= 4 is 15.9 Å². The van der Waals surface area contributed by atoms with Crippen LogP contribution in [0.2, 0.25) is 0 Å². The van der Waals surface area contributed by atoms with E-state index in [9.17, 15) is 0 Å². The number of halogens is 1. The lowest BCUT2D eigenvalue weighted by molar-refractivity contribution is 0.267. The molecular weight excluding hydrogens is 344 g/mol. The Morgan fingerprint density at radius 2 is 1.91 bits per heavy atom. The summed E-state index contributed by atoms with van der Waals surface area (Å²) in [6.45, 7) is 0.752. The van der Waals surface area contributed by atoms with Crippen LogP contribution in [0.4, 0.5) is 0 Å². The van der Waals surface area contributed by atoms with Crippen molar-refractivity contribution in [2.45, 2.75) is 19.3 Å². The van der Waals surface area contributed by atoms with Crippen molar-refractivity contribution < 1.29 is 14.2 Å². The predicted molar refractivity (Wildman–Crippen MR) is 90.3 cm³/mol. The van der Waals surface area contributed by atoms with E-state index in [1.165, 1.54) is 16.7 Å². The molecule has 0 fully saturated rings. The summed E-state index contributed by atoms with van der Waals surface area (Å²) in [6.07, 6.45) is 2.95. The summed E-state index contributed by atoms with van der Waals surface area (Å²) in [4.78, 5) is 0. The molecular formula is C18H19BrO3. The molecule has 0 radical (unpaired) electrons. The molecule has 22 heavy (non-hydrogen) atoms. The molecule has 0 bridgehead atoms. The molecule has 0 amide bonds. The first-order chi connectivity index (χ1) is 10.7. The van der Waals surface area contributed by atoms with Crippen molar-refractivity contribution in [1.82, 2.24) is 0 Å². The summed E-state index contributed by atoms with van der Waals surface area (Å²) in [5.74, 6) is 2.57. The zero-order valence-electron chi connectivity index (χ0n) is 12.8. The van der Waals surface area contributed by atoms with Gasteiger partial charge >= 0.3 is 0 Å². The topological polar surface area (TPSA) is 27.7 Å². The Morgan fingerprint density at radius 3 is 2.59 bits per heavy atom. The van der Waals surface area contributed by atoms with Crippen LogP contribution in [-0.2, 0) is 12.8 Å². The lowest BCUT2D eigenvalue weighted by Gasteiger charge is -2.23. The Balaban J connectivity index is 1.97. The first-order valence-electron chi connectivity index (χ1n) is 7.37. The Labute approximate surface area is 139 Å². The van der Waals surface area contributed by atoms with Crippen LogP contribution < -0.4 is 14.2 Å². The van der Waals surface area contributed by atoms with Gasteiger partial charge in [-0.05, 0) is 64.5 Å². The summed E-state index contributed by atoms with van der Waals surface area (Å²) < 4.78 is 17.5. The second-order valence-corrected chi connectivity index (χ2v) is 6.19. The number of ether oxygens (including phenoxy) is 3. The van der Waals surface area contributed by atoms with Gasteiger partial charge in [0.15, 0.2) is 11.5 Å². The van der Waals surface area contributed by atoms with Gasteiger partial charge in [0.1, 0.15) is 5.75 Å². The molecule has 116 valence electrons. The highest BCUT2D eigenvalue weighted by Gasteiger charge is 2.22. The highest BCUT2D eigenvalue weighted by molar-refractivity contribution is 9.10. The molecule has 0 saturated carbocycles. The van der Waals surface area contributed by atoms with E-state index in [0.717, 1.165) is 47.6 Å². The van der Waals surface area contributed by atoms with E-state index in [0.29, 0.717) is 0 Å². The summed E-state index contributed by atoms with van der Waals surface area (Å²) in [5.41, 5.74) is 3.81. The van der Waals surface area contributed by atoms with Crippen molar-refractivity contribution in [1.29, 1.82) is 0 Å². The molecule has 1 aliphatic heterocycles. The van der Waals surface area contributed by atoms with Gasteiger partial charge in [-0.25, -0.2) is 0 Å². The van der Waals surface area contributed by atoms with Crippen molar-refractivity contribution in [3.05, 3.63) is 51.5 Å². The lowest BCUT2D eigenvalue weighted by Crippen LogP contribution is -2.12. The van der Waals surface area contributed by atoms with E-state index >= 15 is 0 Å². The number of hydrogen-bond acceptors (Lipinski definition) is 3. The van der Waals surface area contributed by atoms with Crippen LogP contribution in [0.5, 0.6) is 17.2 Å². The van der Waals surface area contributed by atoms with E-state index in [1.54, 1.807) is 14.2 Å². The highest BCUT2D eigenvalue weighted by atomic mass is 79.9. The largest absolute Gasteiger partial charge is 0.497 e. The van der Waals surface area contributed by atoms with Gasteiger partial charge in [0, 0.05) is 5.56 Å². The molecule has 0 saturated heterocycles. The molecule has 2 aromatic carbocycles. The van der Waals surface area contributed by atoms with Gasteiger partial charge in [-0.3, -0.25) is 0 Å². The minimum absolute atomic E-state index is 0.752. The summed E-state index contributed by atoms with van der Waals surface area (Å²) >= 11 is 3.60. The normalized spacial score (nSPS) is 13.2. The van der Waals surface area contributed by atoms with E-state index in [-0.39, 0.29) is 0 Å². The molecule has 0 aliphatic carbocycles. The first kappa shape index (κ1) is 15.2. The Bertz CT molecular complexity index is 665. The molecule has 2 aromatic rings. The van der Waals surface area contributed by atoms with Gasteiger partial charge in [0.2, 0.25) is 0 Å². The third-order valence-corrected chi connectivity index (χ3v) is 4.55. The maximum absolute atomic E-state index is 5.87. The van der Waals surface area contributed by atoms with Crippen molar-refractivity contribution in [2.75, 3.05) is 20.8 Å². The summed E-state index contributed by atoms with van der Waals surface area (Å²) in [5, 5.41) is 0. The lowest BCUT2D eigenvalue weighted by atomic mass is 9.94. The molecule has 3 rings (SSSR count). The smallest absolute Gasteiger partial charge is 0.175 e. The summed E-state index contributed by atoms with van der Waals surface area (Å²) in [6, 6.07) is 10.4. The fourth-order valence-corrected chi connectivity index (χ4v) is 3.48. The number of fused-ring (bicyclic) bond motifs is 1. The van der Waals surface area contributed by atoms with Crippen molar-refractivity contribution in [3.8, 4) is 17.2 Å². The minimum atomic E-state index is 0.752. The SMILES string of the molecule is COc1ccc(Cc2cc(Br)c(OC)c3c2CCCO3)cc1. The predicted octanol–water partition coefficient (Wildman–Crippen LogP) is 4.38. The second kappa shape index (κ2) is 6.61. The zero-order chi connectivity index (χ0) is 15.5. The van der Waals surface area contributed by atoms with E-state index in [1.807, 2.05) is 12.1 Å². The third kappa shape index (κ3) is 2.93. The van der Waals surface area contributed by atoms with Crippen LogP contribution in [0.1, 0.15) is 23.1 Å². The fourth-order valence-electron chi connectivity index (χ4n) is 2.86. The number of hydrogen-bond donors (Lipinski definition) is 0. The van der Waals surface area contributed by atoms with Crippen molar-refractivity contribution in [2.24, 2.45) is 0 Å². The third-order valence-electron chi connectivity index (χ3n) is 3.96. The van der Waals surface area contributed by atoms with Gasteiger partial charge in [0.25, 0.3) is 0 Å². The van der Waals surface area contributed by atoms with Crippen molar-refractivity contribution in [3.63, 3.8) is 0 Å². The van der Waals surface area contributed by atoms with E-state index < -0.39 is 0 Å². The molecule has 4 heteroatoms. The molecule has 0 atom stereocenters. The molecule has 0 spiro atoms. The maximum Gasteiger partial charge on any atom is 0.175 e. The van der Waals surface area contributed by atoms with Gasteiger partial charge in [0.05, 0.1) is 25.3 Å². The number of benzene rings is 2. The Hall–Kier alpha value is -1.68. The molecule has 1 aliphatic rings. The van der Waals surface area contributed by atoms with E-state index in [2.05, 4.69) is 34.1 Å². The van der Waals surface area contributed by atoms with Gasteiger partial charge in [-0.2, -0.15) is 0 Å². The average Bonchev–Trinajstić information content (AvgIpc) is 2.56.